The van der Waals surface area contributed by atoms with Crippen LogP contribution in [0.2, 0.25) is 0 Å². The van der Waals surface area contributed by atoms with Crippen LogP contribution in [-0.4, -0.2) is 37.2 Å². The summed E-state index contributed by atoms with van der Waals surface area (Å²) in [7, 11) is 0. The van der Waals surface area contributed by atoms with Crippen LogP contribution >= 0.6 is 0 Å². The van der Waals surface area contributed by atoms with E-state index in [4.69, 9.17) is 14.2 Å². The standard InChI is InChI=1S/C60H88O6/c1-4-7-10-13-16-19-22-25-28-29-30-33-35-38-41-44-47-50-53-59(62)65-56-57(66-60(63)54-51-48-45-42-39-36-32-27-24-21-18-15-12-9-6-3)55-64-58(61)52-49-46-43-40-37-34-31-26-23-20-17-14-11-8-5-2/h8-33,36,39,57H,4-7,34-35,37-38,40-56H2,1-3H3/b11-8-,12-9-,13-10-,17-14-,18-15-,19-16-,23-20-,24-21-,25-22-,29-28-,31-26-,32-27-,33-30-,39-36-. The summed E-state index contributed by atoms with van der Waals surface area (Å²) in [5.74, 6) is -1.03. The van der Waals surface area contributed by atoms with Crippen molar-refractivity contribution in [3.63, 3.8) is 0 Å². The van der Waals surface area contributed by atoms with Gasteiger partial charge >= 0.3 is 17.9 Å². The summed E-state index contributed by atoms with van der Waals surface area (Å²) in [5, 5.41) is 0. The van der Waals surface area contributed by atoms with Gasteiger partial charge in [0, 0.05) is 19.3 Å². The Morgan fingerprint density at radius 3 is 0.939 bits per heavy atom. The highest BCUT2D eigenvalue weighted by Crippen LogP contribution is 2.12. The fourth-order valence-corrected chi connectivity index (χ4v) is 6.03. The molecule has 0 heterocycles. The quantitative estimate of drug-likeness (QED) is 0.0263. The molecule has 0 fully saturated rings. The minimum absolute atomic E-state index is 0.126. The van der Waals surface area contributed by atoms with Gasteiger partial charge in [-0.15, -0.1) is 0 Å². The average Bonchev–Trinajstić information content (AvgIpc) is 3.31. The third kappa shape index (κ3) is 49.8. The van der Waals surface area contributed by atoms with Crippen molar-refractivity contribution in [1.82, 2.24) is 0 Å². The number of hydrogen-bond acceptors (Lipinski definition) is 6. The Bertz CT molecular complexity index is 1600. The van der Waals surface area contributed by atoms with Gasteiger partial charge in [0.15, 0.2) is 6.10 Å². The number of hydrogen-bond donors (Lipinski definition) is 0. The number of rotatable bonds is 42. The van der Waals surface area contributed by atoms with Crippen molar-refractivity contribution in [2.75, 3.05) is 13.2 Å². The normalized spacial score (nSPS) is 13.6. The van der Waals surface area contributed by atoms with Crippen LogP contribution in [0.1, 0.15) is 168 Å². The summed E-state index contributed by atoms with van der Waals surface area (Å²) in [6.45, 7) is 6.15. The van der Waals surface area contributed by atoms with E-state index in [2.05, 4.69) is 81.5 Å². The Morgan fingerprint density at radius 1 is 0.318 bits per heavy atom. The molecule has 1 atom stereocenters. The Morgan fingerprint density at radius 2 is 0.591 bits per heavy atom. The smallest absolute Gasteiger partial charge is 0.306 e. The molecule has 0 spiro atoms. The SMILES string of the molecule is CC\C=C/C=C\C=C/C=C\C=C/CCCCCC(=O)OC(COC(=O)CCCCCCC\C=C/C=C\C=C/C=C\C=C/CCC)COC(=O)CCCCCCC\C=C/C=C\C=C/C=C\CC. The van der Waals surface area contributed by atoms with E-state index in [0.29, 0.717) is 19.3 Å². The van der Waals surface area contributed by atoms with Crippen LogP contribution in [0.15, 0.2) is 170 Å². The number of esters is 3. The molecule has 0 aliphatic rings. The van der Waals surface area contributed by atoms with Crippen LogP contribution in [0, 0.1) is 0 Å². The molecule has 6 heteroatoms. The first-order valence-electron chi connectivity index (χ1n) is 25.3. The van der Waals surface area contributed by atoms with Crippen molar-refractivity contribution in [3.05, 3.63) is 170 Å². The molecule has 0 bridgehead atoms. The Balaban J connectivity index is 4.61. The maximum atomic E-state index is 12.8. The van der Waals surface area contributed by atoms with Gasteiger partial charge in [0.25, 0.3) is 0 Å². The summed E-state index contributed by atoms with van der Waals surface area (Å²) in [6.07, 6.45) is 77.5. The summed E-state index contributed by atoms with van der Waals surface area (Å²) < 4.78 is 16.7. The molecule has 0 aliphatic heterocycles. The maximum Gasteiger partial charge on any atom is 0.306 e. The number of carbonyl (C=O) groups excluding carboxylic acids is 3. The second kappa shape index (κ2) is 52.4. The molecule has 6 nitrogen and oxygen atoms in total. The molecule has 0 N–H and O–H groups in total. The van der Waals surface area contributed by atoms with E-state index < -0.39 is 6.10 Å². The van der Waals surface area contributed by atoms with E-state index in [1.165, 1.54) is 6.42 Å². The van der Waals surface area contributed by atoms with Crippen LogP contribution in [0.5, 0.6) is 0 Å². The Labute approximate surface area is 402 Å². The fraction of sp³-hybridized carbons (Fsp3) is 0.483. The van der Waals surface area contributed by atoms with E-state index in [0.717, 1.165) is 116 Å². The van der Waals surface area contributed by atoms with Crippen molar-refractivity contribution in [2.45, 2.75) is 175 Å². The molecule has 0 aromatic heterocycles. The molecule has 0 amide bonds. The van der Waals surface area contributed by atoms with Gasteiger partial charge in [0.05, 0.1) is 0 Å². The minimum Gasteiger partial charge on any atom is -0.462 e. The highest BCUT2D eigenvalue weighted by Gasteiger charge is 2.19. The van der Waals surface area contributed by atoms with E-state index in [-0.39, 0.29) is 37.5 Å². The van der Waals surface area contributed by atoms with E-state index in [9.17, 15) is 14.4 Å². The topological polar surface area (TPSA) is 78.9 Å². The number of carbonyl (C=O) groups is 3. The van der Waals surface area contributed by atoms with Gasteiger partial charge in [0.1, 0.15) is 13.2 Å². The lowest BCUT2D eigenvalue weighted by atomic mass is 10.1. The van der Waals surface area contributed by atoms with E-state index in [1.807, 2.05) is 109 Å². The number of allylic oxidation sites excluding steroid dienone is 28. The van der Waals surface area contributed by atoms with Crippen molar-refractivity contribution in [3.8, 4) is 0 Å². The lowest BCUT2D eigenvalue weighted by molar-refractivity contribution is -0.167. The summed E-state index contributed by atoms with van der Waals surface area (Å²) in [4.78, 5) is 38.0. The van der Waals surface area contributed by atoms with E-state index >= 15 is 0 Å². The van der Waals surface area contributed by atoms with Crippen LogP contribution in [0.4, 0.5) is 0 Å². The largest absolute Gasteiger partial charge is 0.462 e. The van der Waals surface area contributed by atoms with Crippen LogP contribution in [0.3, 0.4) is 0 Å². The zero-order valence-electron chi connectivity index (χ0n) is 41.4. The minimum atomic E-state index is -0.831. The summed E-state index contributed by atoms with van der Waals surface area (Å²) in [6, 6.07) is 0. The van der Waals surface area contributed by atoms with E-state index in [1.54, 1.807) is 0 Å². The van der Waals surface area contributed by atoms with Gasteiger partial charge in [-0.05, 0) is 77.0 Å². The molecular weight excluding hydrogens is 817 g/mol. The van der Waals surface area contributed by atoms with Crippen molar-refractivity contribution in [2.24, 2.45) is 0 Å². The second-order valence-electron chi connectivity index (χ2n) is 15.9. The average molecular weight is 905 g/mol. The summed E-state index contributed by atoms with van der Waals surface area (Å²) >= 11 is 0. The van der Waals surface area contributed by atoms with Crippen molar-refractivity contribution < 1.29 is 28.6 Å². The Hall–Kier alpha value is -5.23. The molecule has 0 aliphatic carbocycles. The predicted octanol–water partition coefficient (Wildman–Crippen LogP) is 16.8. The molecule has 66 heavy (non-hydrogen) atoms. The maximum absolute atomic E-state index is 12.8. The number of ether oxygens (including phenoxy) is 3. The Kier molecular flexibility index (Phi) is 48.2. The zero-order valence-corrected chi connectivity index (χ0v) is 41.4. The molecule has 0 aromatic rings. The molecule has 0 saturated heterocycles. The lowest BCUT2D eigenvalue weighted by Crippen LogP contribution is -2.30. The number of unbranched alkanes of at least 4 members (excludes halogenated alkanes) is 14. The van der Waals surface area contributed by atoms with Crippen LogP contribution < -0.4 is 0 Å². The molecule has 0 aromatic carbocycles. The molecule has 0 radical (unpaired) electrons. The first-order valence-corrected chi connectivity index (χ1v) is 25.3. The monoisotopic (exact) mass is 905 g/mol. The molecular formula is C60H88O6. The van der Waals surface area contributed by atoms with Gasteiger partial charge in [-0.3, -0.25) is 14.4 Å². The van der Waals surface area contributed by atoms with Crippen LogP contribution in [-0.2, 0) is 28.6 Å². The first kappa shape index (κ1) is 60.8. The summed E-state index contributed by atoms with van der Waals surface area (Å²) in [5.41, 5.74) is 0. The lowest BCUT2D eigenvalue weighted by Gasteiger charge is -2.18. The van der Waals surface area contributed by atoms with Gasteiger partial charge < -0.3 is 14.2 Å². The third-order valence-electron chi connectivity index (χ3n) is 9.77. The molecule has 1 unspecified atom stereocenters. The zero-order chi connectivity index (χ0) is 47.9. The van der Waals surface area contributed by atoms with Gasteiger partial charge in [-0.25, -0.2) is 0 Å². The predicted molar refractivity (Wildman–Crippen MR) is 283 cm³/mol. The van der Waals surface area contributed by atoms with Gasteiger partial charge in [-0.2, -0.15) is 0 Å². The molecule has 364 valence electrons. The molecule has 0 rings (SSSR count). The highest BCUT2D eigenvalue weighted by molar-refractivity contribution is 5.71. The van der Waals surface area contributed by atoms with Crippen molar-refractivity contribution >= 4 is 17.9 Å². The van der Waals surface area contributed by atoms with Gasteiger partial charge in [0.2, 0.25) is 0 Å². The van der Waals surface area contributed by atoms with Crippen LogP contribution in [0.25, 0.3) is 0 Å². The fourth-order valence-electron chi connectivity index (χ4n) is 6.03. The second-order valence-corrected chi connectivity index (χ2v) is 15.9. The highest BCUT2D eigenvalue weighted by atomic mass is 16.6. The van der Waals surface area contributed by atoms with Crippen molar-refractivity contribution in [1.29, 1.82) is 0 Å². The third-order valence-corrected chi connectivity index (χ3v) is 9.77. The first-order chi connectivity index (χ1) is 32.5. The van der Waals surface area contributed by atoms with Gasteiger partial charge in [-0.1, -0.05) is 242 Å². The molecule has 0 saturated carbocycles.